The quantitative estimate of drug-likeness (QED) is 0.556. The van der Waals surface area contributed by atoms with Crippen LogP contribution in [0.5, 0.6) is 11.5 Å². The summed E-state index contributed by atoms with van der Waals surface area (Å²) in [7, 11) is 3.20. The van der Waals surface area contributed by atoms with Crippen molar-refractivity contribution in [1.29, 1.82) is 0 Å². The Bertz CT molecular complexity index is 1170. The van der Waals surface area contributed by atoms with Crippen molar-refractivity contribution in [3.05, 3.63) is 64.5 Å². The SMILES string of the molecule is CCc1[nH]n2c(=O)cc(Cn3cccn3)nc2c1-c1ccc(OC)c(OC)c1. The third-order valence-electron chi connectivity index (χ3n) is 4.65. The maximum absolute atomic E-state index is 12.7. The maximum atomic E-state index is 12.7. The van der Waals surface area contributed by atoms with Gasteiger partial charge < -0.3 is 9.47 Å². The van der Waals surface area contributed by atoms with Gasteiger partial charge in [-0.3, -0.25) is 14.6 Å². The fourth-order valence-corrected chi connectivity index (χ4v) is 3.32. The minimum absolute atomic E-state index is 0.159. The van der Waals surface area contributed by atoms with Crippen molar-refractivity contribution >= 4 is 5.65 Å². The minimum atomic E-state index is -0.159. The first kappa shape index (κ1) is 17.8. The van der Waals surface area contributed by atoms with Crippen molar-refractivity contribution in [1.82, 2.24) is 24.4 Å². The number of aryl methyl sites for hydroxylation is 1. The summed E-state index contributed by atoms with van der Waals surface area (Å²) < 4.78 is 14.0. The summed E-state index contributed by atoms with van der Waals surface area (Å²) in [6.07, 6.45) is 4.26. The molecule has 3 aromatic heterocycles. The van der Waals surface area contributed by atoms with E-state index in [2.05, 4.69) is 10.2 Å². The predicted octanol–water partition coefficient (Wildman–Crippen LogP) is 2.51. The van der Waals surface area contributed by atoms with Gasteiger partial charge in [0.1, 0.15) is 0 Å². The van der Waals surface area contributed by atoms with Crippen LogP contribution in [-0.2, 0) is 13.0 Å². The number of nitrogens with one attached hydrogen (secondary N) is 1. The molecule has 0 saturated heterocycles. The molecule has 3 heterocycles. The number of benzene rings is 1. The third-order valence-corrected chi connectivity index (χ3v) is 4.65. The fraction of sp³-hybridized carbons (Fsp3) is 0.250. The van der Waals surface area contributed by atoms with Crippen LogP contribution in [0.2, 0.25) is 0 Å². The summed E-state index contributed by atoms with van der Waals surface area (Å²) in [5.74, 6) is 1.27. The molecule has 8 heteroatoms. The molecule has 0 saturated carbocycles. The second kappa shape index (κ2) is 7.22. The van der Waals surface area contributed by atoms with Gasteiger partial charge in [-0.2, -0.15) is 5.10 Å². The van der Waals surface area contributed by atoms with E-state index >= 15 is 0 Å². The number of ether oxygens (including phenoxy) is 2. The highest BCUT2D eigenvalue weighted by Gasteiger charge is 2.18. The highest BCUT2D eigenvalue weighted by molar-refractivity contribution is 5.81. The first-order chi connectivity index (χ1) is 13.6. The molecule has 0 amide bonds. The Kier molecular flexibility index (Phi) is 4.60. The van der Waals surface area contributed by atoms with E-state index in [1.54, 1.807) is 25.1 Å². The van der Waals surface area contributed by atoms with Crippen LogP contribution in [0.25, 0.3) is 16.8 Å². The number of hydrogen-bond donors (Lipinski definition) is 1. The van der Waals surface area contributed by atoms with Crippen LogP contribution in [-0.4, -0.2) is 38.6 Å². The number of rotatable bonds is 6. The minimum Gasteiger partial charge on any atom is -0.493 e. The van der Waals surface area contributed by atoms with E-state index < -0.39 is 0 Å². The van der Waals surface area contributed by atoms with Gasteiger partial charge in [-0.05, 0) is 30.2 Å². The van der Waals surface area contributed by atoms with Gasteiger partial charge in [0, 0.05) is 29.7 Å². The average molecular weight is 379 g/mol. The molecule has 0 unspecified atom stereocenters. The summed E-state index contributed by atoms with van der Waals surface area (Å²) in [4.78, 5) is 17.4. The zero-order chi connectivity index (χ0) is 19.7. The average Bonchev–Trinajstić information content (AvgIpc) is 3.35. The van der Waals surface area contributed by atoms with Gasteiger partial charge in [0.2, 0.25) is 0 Å². The number of nitrogens with zero attached hydrogens (tertiary/aromatic N) is 4. The van der Waals surface area contributed by atoms with Crippen LogP contribution in [0, 0.1) is 0 Å². The molecular formula is C20H21N5O3. The molecule has 0 aliphatic rings. The second-order valence-corrected chi connectivity index (χ2v) is 6.34. The topological polar surface area (TPSA) is 86.4 Å². The van der Waals surface area contributed by atoms with Crippen molar-refractivity contribution in [3.63, 3.8) is 0 Å². The molecule has 0 spiro atoms. The molecule has 0 fully saturated rings. The molecule has 144 valence electrons. The van der Waals surface area contributed by atoms with E-state index in [0.29, 0.717) is 29.4 Å². The zero-order valence-electron chi connectivity index (χ0n) is 16.0. The number of hydrogen-bond acceptors (Lipinski definition) is 5. The number of fused-ring (bicyclic) bond motifs is 1. The van der Waals surface area contributed by atoms with Crippen LogP contribution in [0.4, 0.5) is 0 Å². The summed E-state index contributed by atoms with van der Waals surface area (Å²) in [6.45, 7) is 2.46. The maximum Gasteiger partial charge on any atom is 0.272 e. The van der Waals surface area contributed by atoms with Gasteiger partial charge in [0.25, 0.3) is 5.56 Å². The van der Waals surface area contributed by atoms with Crippen molar-refractivity contribution < 1.29 is 9.47 Å². The highest BCUT2D eigenvalue weighted by Crippen LogP contribution is 2.35. The molecule has 1 aromatic carbocycles. The van der Waals surface area contributed by atoms with Crippen LogP contribution in [0.3, 0.4) is 0 Å². The Balaban J connectivity index is 1.91. The van der Waals surface area contributed by atoms with Crippen LogP contribution < -0.4 is 15.0 Å². The largest absolute Gasteiger partial charge is 0.493 e. The smallest absolute Gasteiger partial charge is 0.272 e. The van der Waals surface area contributed by atoms with Crippen LogP contribution >= 0.6 is 0 Å². The molecule has 1 N–H and O–H groups in total. The number of methoxy groups -OCH3 is 2. The van der Waals surface area contributed by atoms with E-state index in [9.17, 15) is 4.79 Å². The summed E-state index contributed by atoms with van der Waals surface area (Å²) in [6, 6.07) is 9.06. The Morgan fingerprint density at radius 3 is 2.64 bits per heavy atom. The van der Waals surface area contributed by atoms with E-state index in [1.165, 1.54) is 10.6 Å². The van der Waals surface area contributed by atoms with E-state index in [-0.39, 0.29) is 5.56 Å². The molecule has 0 bridgehead atoms. The molecular weight excluding hydrogens is 358 g/mol. The van der Waals surface area contributed by atoms with Crippen molar-refractivity contribution in [3.8, 4) is 22.6 Å². The molecule has 8 nitrogen and oxygen atoms in total. The predicted molar refractivity (Wildman–Crippen MR) is 105 cm³/mol. The lowest BCUT2D eigenvalue weighted by Crippen LogP contribution is -2.17. The second-order valence-electron chi connectivity index (χ2n) is 6.34. The van der Waals surface area contributed by atoms with E-state index in [4.69, 9.17) is 14.5 Å². The summed E-state index contributed by atoms with van der Waals surface area (Å²) >= 11 is 0. The molecule has 0 radical (unpaired) electrons. The van der Waals surface area contributed by atoms with Gasteiger partial charge in [-0.1, -0.05) is 13.0 Å². The van der Waals surface area contributed by atoms with Gasteiger partial charge >= 0.3 is 0 Å². The lowest BCUT2D eigenvalue weighted by Gasteiger charge is -2.10. The highest BCUT2D eigenvalue weighted by atomic mass is 16.5. The van der Waals surface area contributed by atoms with Gasteiger partial charge in [0.05, 0.1) is 26.5 Å². The number of H-pyrrole nitrogens is 1. The van der Waals surface area contributed by atoms with Crippen molar-refractivity contribution in [2.24, 2.45) is 0 Å². The Morgan fingerprint density at radius 1 is 1.14 bits per heavy atom. The Labute approximate surface area is 161 Å². The normalized spacial score (nSPS) is 11.1. The molecule has 4 aromatic rings. The zero-order valence-corrected chi connectivity index (χ0v) is 16.0. The lowest BCUT2D eigenvalue weighted by molar-refractivity contribution is 0.355. The first-order valence-electron chi connectivity index (χ1n) is 8.98. The molecule has 28 heavy (non-hydrogen) atoms. The van der Waals surface area contributed by atoms with Gasteiger partial charge in [0.15, 0.2) is 17.1 Å². The first-order valence-corrected chi connectivity index (χ1v) is 8.98. The summed E-state index contributed by atoms with van der Waals surface area (Å²) in [5, 5.41) is 7.37. The van der Waals surface area contributed by atoms with Gasteiger partial charge in [-0.25, -0.2) is 9.50 Å². The molecule has 4 rings (SSSR count). The lowest BCUT2D eigenvalue weighted by atomic mass is 10.0. The van der Waals surface area contributed by atoms with Crippen molar-refractivity contribution in [2.75, 3.05) is 14.2 Å². The third kappa shape index (κ3) is 3.02. The van der Waals surface area contributed by atoms with Crippen LogP contribution in [0.15, 0.2) is 47.5 Å². The van der Waals surface area contributed by atoms with E-state index in [0.717, 1.165) is 23.2 Å². The Morgan fingerprint density at radius 2 is 1.96 bits per heavy atom. The molecule has 0 aliphatic heterocycles. The van der Waals surface area contributed by atoms with Gasteiger partial charge in [-0.15, -0.1) is 0 Å². The number of aromatic amines is 1. The fourth-order valence-electron chi connectivity index (χ4n) is 3.32. The molecule has 0 atom stereocenters. The van der Waals surface area contributed by atoms with Crippen molar-refractivity contribution in [2.45, 2.75) is 19.9 Å². The van der Waals surface area contributed by atoms with Crippen LogP contribution in [0.1, 0.15) is 18.3 Å². The Hall–Kier alpha value is -3.55. The molecule has 0 aliphatic carbocycles. The number of aromatic nitrogens is 5. The summed E-state index contributed by atoms with van der Waals surface area (Å²) in [5.41, 5.74) is 3.77. The van der Waals surface area contributed by atoms with E-state index in [1.807, 2.05) is 37.4 Å². The monoisotopic (exact) mass is 379 g/mol. The standard InChI is InChI=1S/C20H21N5O3/c1-4-15-19(13-6-7-16(27-2)17(10-13)28-3)20-22-14(11-18(26)25(20)23-15)12-24-9-5-8-21-24/h5-11,23H,4,12H2,1-3H3.